The lowest BCUT2D eigenvalue weighted by Gasteiger charge is -2.12. The van der Waals surface area contributed by atoms with Crippen LogP contribution >= 0.6 is 0 Å². The molecule has 1 amide bonds. The topological polar surface area (TPSA) is 86.4 Å². The fraction of sp³-hybridized carbons (Fsp3) is 0.261. The van der Waals surface area contributed by atoms with Crippen LogP contribution in [0.3, 0.4) is 0 Å². The number of hydroxylamine groups is 1. The zero-order chi connectivity index (χ0) is 20.1. The van der Waals surface area contributed by atoms with Crippen molar-refractivity contribution in [1.82, 2.24) is 15.8 Å². The van der Waals surface area contributed by atoms with Crippen LogP contribution < -0.4 is 15.5 Å². The number of aromatic nitrogens is 1. The Labute approximate surface area is 169 Å². The van der Waals surface area contributed by atoms with Crippen LogP contribution in [0.25, 0.3) is 17.0 Å². The number of aromatic amines is 1. The first-order chi connectivity index (χ1) is 14.2. The van der Waals surface area contributed by atoms with E-state index in [9.17, 15) is 4.79 Å². The minimum atomic E-state index is -0.541. The molecule has 6 heteroatoms. The summed E-state index contributed by atoms with van der Waals surface area (Å²) in [6, 6.07) is 14.6. The zero-order valence-corrected chi connectivity index (χ0v) is 16.2. The van der Waals surface area contributed by atoms with Crippen molar-refractivity contribution in [3.63, 3.8) is 0 Å². The van der Waals surface area contributed by atoms with Gasteiger partial charge >= 0.3 is 0 Å². The predicted octanol–water partition coefficient (Wildman–Crippen LogP) is 3.34. The third-order valence-corrected chi connectivity index (χ3v) is 5.19. The van der Waals surface area contributed by atoms with E-state index in [0.717, 1.165) is 55.9 Å². The van der Waals surface area contributed by atoms with E-state index in [0.29, 0.717) is 0 Å². The van der Waals surface area contributed by atoms with E-state index in [1.807, 2.05) is 24.3 Å². The summed E-state index contributed by atoms with van der Waals surface area (Å²) in [7, 11) is 0. The van der Waals surface area contributed by atoms with Gasteiger partial charge in [0, 0.05) is 29.1 Å². The number of rotatable bonds is 7. The molecule has 0 saturated carbocycles. The van der Waals surface area contributed by atoms with Crippen molar-refractivity contribution in [3.8, 4) is 5.88 Å². The molecule has 0 bridgehead atoms. The van der Waals surface area contributed by atoms with Gasteiger partial charge in [-0.05, 0) is 54.6 Å². The van der Waals surface area contributed by atoms with Gasteiger partial charge in [-0.25, -0.2) is 5.48 Å². The van der Waals surface area contributed by atoms with Crippen molar-refractivity contribution in [3.05, 3.63) is 70.8 Å². The first kappa shape index (κ1) is 19.2. The maximum atomic E-state index is 11.0. The second-order valence-electron chi connectivity index (χ2n) is 7.24. The van der Waals surface area contributed by atoms with Crippen molar-refractivity contribution in [1.29, 1.82) is 0 Å². The average Bonchev–Trinajstić information content (AvgIpc) is 3.13. The normalized spacial score (nSPS) is 13.4. The van der Waals surface area contributed by atoms with Crippen LogP contribution in [0.4, 0.5) is 0 Å². The third kappa shape index (κ3) is 4.67. The van der Waals surface area contributed by atoms with Crippen LogP contribution in [0.1, 0.15) is 28.7 Å². The van der Waals surface area contributed by atoms with Crippen molar-refractivity contribution < 1.29 is 14.7 Å². The summed E-state index contributed by atoms with van der Waals surface area (Å²) in [6.45, 7) is 2.47. The number of nitrogens with one attached hydrogen (secondary N) is 3. The lowest BCUT2D eigenvalue weighted by Crippen LogP contribution is -2.16. The molecule has 0 saturated heterocycles. The lowest BCUT2D eigenvalue weighted by atomic mass is 10.0. The minimum Gasteiger partial charge on any atom is -0.479 e. The number of H-pyrrole nitrogens is 1. The smallest absolute Gasteiger partial charge is 0.267 e. The fourth-order valence-electron chi connectivity index (χ4n) is 3.65. The van der Waals surface area contributed by atoms with Crippen molar-refractivity contribution in [2.75, 3.05) is 13.2 Å². The molecule has 1 aromatic heterocycles. The van der Waals surface area contributed by atoms with Crippen molar-refractivity contribution >= 4 is 22.9 Å². The summed E-state index contributed by atoms with van der Waals surface area (Å²) in [5.41, 5.74) is 7.43. The summed E-state index contributed by atoms with van der Waals surface area (Å²) < 4.78 is 5.73. The second kappa shape index (κ2) is 8.94. The van der Waals surface area contributed by atoms with E-state index in [-0.39, 0.29) is 0 Å². The molecular weight excluding hydrogens is 366 g/mol. The Bertz CT molecular complexity index is 1020. The molecule has 0 spiro atoms. The zero-order valence-electron chi connectivity index (χ0n) is 16.2. The number of benzene rings is 2. The van der Waals surface area contributed by atoms with Crippen LogP contribution in [0.2, 0.25) is 0 Å². The molecule has 4 N–H and O–H groups in total. The minimum absolute atomic E-state index is 0.541. The Kier molecular flexibility index (Phi) is 5.93. The third-order valence-electron chi connectivity index (χ3n) is 5.19. The van der Waals surface area contributed by atoms with Gasteiger partial charge in [-0.1, -0.05) is 36.4 Å². The monoisotopic (exact) mass is 391 g/mol. The number of amides is 1. The highest BCUT2D eigenvalue weighted by Gasteiger charge is 2.16. The van der Waals surface area contributed by atoms with Gasteiger partial charge in [0.05, 0.1) is 6.61 Å². The first-order valence-corrected chi connectivity index (χ1v) is 9.91. The number of carbonyl (C=O) groups is 1. The Balaban J connectivity index is 1.28. The van der Waals surface area contributed by atoms with Gasteiger partial charge in [-0.15, -0.1) is 0 Å². The molecule has 6 nitrogen and oxygen atoms in total. The molecule has 29 heavy (non-hydrogen) atoms. The Hall–Kier alpha value is -3.09. The van der Waals surface area contributed by atoms with Gasteiger partial charge in [0.1, 0.15) is 0 Å². The van der Waals surface area contributed by atoms with E-state index in [4.69, 9.17) is 9.94 Å². The van der Waals surface area contributed by atoms with E-state index in [1.54, 1.807) is 11.6 Å². The highest BCUT2D eigenvalue weighted by Crippen LogP contribution is 2.32. The number of fused-ring (bicyclic) bond motifs is 3. The largest absolute Gasteiger partial charge is 0.479 e. The van der Waals surface area contributed by atoms with E-state index < -0.39 is 5.91 Å². The van der Waals surface area contributed by atoms with Crippen LogP contribution in [0, 0.1) is 0 Å². The van der Waals surface area contributed by atoms with Gasteiger partial charge in [0.2, 0.25) is 0 Å². The molecular formula is C23H25N3O3. The molecule has 0 unspecified atom stereocenters. The standard InChI is InChI=1S/C23H25N3O3/c27-22(26-28)10-8-16-3-5-18(6-4-16)15-24-12-11-17-7-9-19-20-2-1-13-29-23(20)25-21(19)14-17/h3-10,14,24-25,28H,1-2,11-13,15H2,(H,26,27)/b10-8+. The summed E-state index contributed by atoms with van der Waals surface area (Å²) in [4.78, 5) is 14.4. The first-order valence-electron chi connectivity index (χ1n) is 9.91. The average molecular weight is 391 g/mol. The predicted molar refractivity (Wildman–Crippen MR) is 113 cm³/mol. The molecule has 0 aliphatic carbocycles. The number of aryl methyl sites for hydroxylation is 1. The second-order valence-corrected chi connectivity index (χ2v) is 7.24. The number of carbonyl (C=O) groups excluding carboxylic acids is 1. The molecule has 1 aliphatic rings. The van der Waals surface area contributed by atoms with Crippen LogP contribution in [0.15, 0.2) is 48.5 Å². The summed E-state index contributed by atoms with van der Waals surface area (Å²) >= 11 is 0. The number of hydrogen-bond acceptors (Lipinski definition) is 4. The molecule has 1 aliphatic heterocycles. The van der Waals surface area contributed by atoms with Gasteiger partial charge in [0.15, 0.2) is 5.88 Å². The molecule has 0 fully saturated rings. The van der Waals surface area contributed by atoms with E-state index >= 15 is 0 Å². The molecule has 3 aromatic rings. The summed E-state index contributed by atoms with van der Waals surface area (Å²) in [5.74, 6) is 0.401. The maximum Gasteiger partial charge on any atom is 0.267 e. The van der Waals surface area contributed by atoms with Crippen LogP contribution in [0.5, 0.6) is 5.88 Å². The molecule has 2 aromatic carbocycles. The molecule has 150 valence electrons. The summed E-state index contributed by atoms with van der Waals surface area (Å²) in [5, 5.41) is 13.2. The quantitative estimate of drug-likeness (QED) is 0.215. The number of ether oxygens (including phenoxy) is 1. The Morgan fingerprint density at radius 1 is 1.17 bits per heavy atom. The van der Waals surface area contributed by atoms with E-state index in [1.165, 1.54) is 28.2 Å². The van der Waals surface area contributed by atoms with Crippen LogP contribution in [-0.2, 0) is 24.2 Å². The van der Waals surface area contributed by atoms with Crippen LogP contribution in [-0.4, -0.2) is 29.3 Å². The molecule has 0 radical (unpaired) electrons. The molecule has 0 atom stereocenters. The maximum absolute atomic E-state index is 11.0. The van der Waals surface area contributed by atoms with Gasteiger partial charge in [0.25, 0.3) is 5.91 Å². The Morgan fingerprint density at radius 3 is 2.83 bits per heavy atom. The van der Waals surface area contributed by atoms with Gasteiger partial charge in [-0.2, -0.15) is 0 Å². The molecule has 2 heterocycles. The SMILES string of the molecule is O=C(/C=C/c1ccc(CNCCc2ccc3c4c([nH]c3c2)OCCC4)cc1)NO. The fourth-order valence-corrected chi connectivity index (χ4v) is 3.65. The van der Waals surface area contributed by atoms with Gasteiger partial charge < -0.3 is 15.0 Å². The van der Waals surface area contributed by atoms with Gasteiger partial charge in [-0.3, -0.25) is 10.0 Å². The number of hydrogen-bond donors (Lipinski definition) is 4. The Morgan fingerprint density at radius 2 is 2.00 bits per heavy atom. The molecule has 4 rings (SSSR count). The van der Waals surface area contributed by atoms with E-state index in [2.05, 4.69) is 28.5 Å². The highest BCUT2D eigenvalue weighted by atomic mass is 16.5. The van der Waals surface area contributed by atoms with Crippen molar-refractivity contribution in [2.45, 2.75) is 25.8 Å². The lowest BCUT2D eigenvalue weighted by molar-refractivity contribution is -0.124. The summed E-state index contributed by atoms with van der Waals surface area (Å²) in [6.07, 6.45) is 6.07. The van der Waals surface area contributed by atoms with Crippen molar-refractivity contribution in [2.24, 2.45) is 0 Å². The highest BCUT2D eigenvalue weighted by molar-refractivity contribution is 5.90.